The first-order valence-corrected chi connectivity index (χ1v) is 5.61. The molecule has 1 fully saturated rings. The molecule has 0 saturated carbocycles. The molecule has 2 rings (SSSR count). The van der Waals surface area contributed by atoms with Crippen LogP contribution in [-0.2, 0) is 4.79 Å². The molecule has 0 spiro atoms. The molecule has 1 aromatic heterocycles. The summed E-state index contributed by atoms with van der Waals surface area (Å²) in [5.74, 6) is 6.20. The third-order valence-corrected chi connectivity index (χ3v) is 2.66. The van der Waals surface area contributed by atoms with Crippen LogP contribution < -0.4 is 16.6 Å². The van der Waals surface area contributed by atoms with Gasteiger partial charge in [-0.05, 0) is 18.9 Å². The van der Waals surface area contributed by atoms with Crippen molar-refractivity contribution in [1.29, 1.82) is 0 Å². The van der Waals surface area contributed by atoms with E-state index in [-0.39, 0.29) is 12.5 Å². The van der Waals surface area contributed by atoms with Gasteiger partial charge in [-0.3, -0.25) is 10.2 Å². The molecule has 1 aromatic rings. The molecule has 4 N–H and O–H groups in total. The van der Waals surface area contributed by atoms with E-state index in [0.29, 0.717) is 11.8 Å². The Morgan fingerprint density at radius 1 is 1.47 bits per heavy atom. The molecule has 1 amide bonds. The average Bonchev–Trinajstić information content (AvgIpc) is 2.90. The maximum absolute atomic E-state index is 11.8. The number of amides is 1. The van der Waals surface area contributed by atoms with Gasteiger partial charge in [0, 0.05) is 19.3 Å². The molecule has 17 heavy (non-hydrogen) atoms. The number of nitrogen functional groups attached to an aromatic ring is 1. The number of anilines is 2. The Balaban J connectivity index is 1.86. The predicted octanol–water partition coefficient (Wildman–Crippen LogP) is -0.204. The molecule has 1 aliphatic rings. The third kappa shape index (κ3) is 3.04. The monoisotopic (exact) mass is 236 g/mol. The van der Waals surface area contributed by atoms with Gasteiger partial charge in [0.1, 0.15) is 5.82 Å². The second-order valence-corrected chi connectivity index (χ2v) is 3.85. The van der Waals surface area contributed by atoms with Crippen LogP contribution in [0.4, 0.5) is 11.8 Å². The summed E-state index contributed by atoms with van der Waals surface area (Å²) in [6.07, 6.45) is 3.77. The summed E-state index contributed by atoms with van der Waals surface area (Å²) in [6.45, 7) is 1.97. The maximum Gasteiger partial charge on any atom is 0.241 e. The van der Waals surface area contributed by atoms with Crippen LogP contribution in [0.25, 0.3) is 0 Å². The van der Waals surface area contributed by atoms with Crippen molar-refractivity contribution in [2.24, 2.45) is 5.84 Å². The van der Waals surface area contributed by atoms with E-state index in [4.69, 9.17) is 5.84 Å². The van der Waals surface area contributed by atoms with Crippen molar-refractivity contribution in [3.63, 3.8) is 0 Å². The fraction of sp³-hybridized carbons (Fsp3) is 0.500. The first kappa shape index (κ1) is 11.6. The highest BCUT2D eigenvalue weighted by molar-refractivity contribution is 5.80. The lowest BCUT2D eigenvalue weighted by molar-refractivity contribution is -0.128. The van der Waals surface area contributed by atoms with Gasteiger partial charge in [-0.1, -0.05) is 0 Å². The van der Waals surface area contributed by atoms with Gasteiger partial charge < -0.3 is 10.2 Å². The van der Waals surface area contributed by atoms with Gasteiger partial charge in [0.25, 0.3) is 0 Å². The van der Waals surface area contributed by atoms with E-state index < -0.39 is 0 Å². The first-order chi connectivity index (χ1) is 8.29. The van der Waals surface area contributed by atoms with Crippen molar-refractivity contribution in [1.82, 2.24) is 14.9 Å². The van der Waals surface area contributed by atoms with Crippen molar-refractivity contribution in [2.75, 3.05) is 30.4 Å². The van der Waals surface area contributed by atoms with Crippen molar-refractivity contribution in [3.05, 3.63) is 12.3 Å². The van der Waals surface area contributed by atoms with Crippen molar-refractivity contribution in [3.8, 4) is 0 Å². The Bertz CT molecular complexity index is 390. The minimum Gasteiger partial charge on any atom is -0.361 e. The van der Waals surface area contributed by atoms with Crippen LogP contribution in [0.3, 0.4) is 0 Å². The number of nitrogens with two attached hydrogens (primary N) is 1. The second-order valence-electron chi connectivity index (χ2n) is 3.85. The normalized spacial score (nSPS) is 14.8. The zero-order chi connectivity index (χ0) is 12.1. The number of rotatable bonds is 4. The molecule has 0 aromatic carbocycles. The molecule has 7 heteroatoms. The van der Waals surface area contributed by atoms with Crippen molar-refractivity contribution in [2.45, 2.75) is 12.8 Å². The van der Waals surface area contributed by atoms with E-state index in [1.54, 1.807) is 12.3 Å². The van der Waals surface area contributed by atoms with Crippen LogP contribution in [-0.4, -0.2) is 40.4 Å². The van der Waals surface area contributed by atoms with Gasteiger partial charge in [0.05, 0.1) is 6.54 Å². The Hall–Kier alpha value is -1.89. The fourth-order valence-corrected chi connectivity index (χ4v) is 1.77. The van der Waals surface area contributed by atoms with E-state index in [2.05, 4.69) is 20.7 Å². The highest BCUT2D eigenvalue weighted by atomic mass is 16.2. The number of carbonyl (C=O) groups is 1. The smallest absolute Gasteiger partial charge is 0.241 e. The van der Waals surface area contributed by atoms with E-state index in [9.17, 15) is 4.79 Å². The minimum absolute atomic E-state index is 0.100. The van der Waals surface area contributed by atoms with Gasteiger partial charge in [0.2, 0.25) is 11.9 Å². The molecule has 1 aliphatic heterocycles. The van der Waals surface area contributed by atoms with Gasteiger partial charge in [-0.2, -0.15) is 4.98 Å². The van der Waals surface area contributed by atoms with Gasteiger partial charge >= 0.3 is 0 Å². The Morgan fingerprint density at radius 3 is 2.94 bits per heavy atom. The number of likely N-dealkylation sites (tertiary alicyclic amines) is 1. The first-order valence-electron chi connectivity index (χ1n) is 5.61. The average molecular weight is 236 g/mol. The topological polar surface area (TPSA) is 96.2 Å². The molecule has 0 bridgehead atoms. The number of nitrogens with zero attached hydrogens (tertiary/aromatic N) is 3. The lowest BCUT2D eigenvalue weighted by Crippen LogP contribution is -2.33. The maximum atomic E-state index is 11.8. The largest absolute Gasteiger partial charge is 0.361 e. The zero-order valence-corrected chi connectivity index (χ0v) is 9.52. The van der Waals surface area contributed by atoms with Crippen LogP contribution in [0.2, 0.25) is 0 Å². The molecular formula is C10H16N6O. The fourth-order valence-electron chi connectivity index (χ4n) is 1.77. The van der Waals surface area contributed by atoms with Gasteiger partial charge in [0.15, 0.2) is 0 Å². The van der Waals surface area contributed by atoms with Gasteiger partial charge in [-0.25, -0.2) is 10.8 Å². The Kier molecular flexibility index (Phi) is 3.71. The van der Waals surface area contributed by atoms with Crippen LogP contribution in [0, 0.1) is 0 Å². The van der Waals surface area contributed by atoms with Crippen LogP contribution in [0.1, 0.15) is 12.8 Å². The molecule has 2 heterocycles. The zero-order valence-electron chi connectivity index (χ0n) is 9.52. The van der Waals surface area contributed by atoms with E-state index in [1.165, 1.54) is 0 Å². The summed E-state index contributed by atoms with van der Waals surface area (Å²) in [5, 5.41) is 2.96. The summed E-state index contributed by atoms with van der Waals surface area (Å²) in [5.41, 5.74) is 2.35. The van der Waals surface area contributed by atoms with E-state index >= 15 is 0 Å². The summed E-state index contributed by atoms with van der Waals surface area (Å²) in [4.78, 5) is 21.6. The highest BCUT2D eigenvalue weighted by Crippen LogP contribution is 2.08. The Morgan fingerprint density at radius 2 is 2.24 bits per heavy atom. The third-order valence-electron chi connectivity index (χ3n) is 2.66. The van der Waals surface area contributed by atoms with Crippen LogP contribution in [0.5, 0.6) is 0 Å². The minimum atomic E-state index is 0.100. The summed E-state index contributed by atoms with van der Waals surface area (Å²) < 4.78 is 0. The quantitative estimate of drug-likeness (QED) is 0.495. The number of carbonyl (C=O) groups excluding carboxylic acids is 1. The summed E-state index contributed by atoms with van der Waals surface area (Å²) in [7, 11) is 0. The van der Waals surface area contributed by atoms with E-state index in [1.807, 2.05) is 4.90 Å². The van der Waals surface area contributed by atoms with Gasteiger partial charge in [-0.15, -0.1) is 0 Å². The predicted molar refractivity (Wildman–Crippen MR) is 64.1 cm³/mol. The molecule has 1 saturated heterocycles. The lowest BCUT2D eigenvalue weighted by atomic mass is 10.4. The Labute approximate surface area is 99.4 Å². The SMILES string of the molecule is NNc1nccc(NCC(=O)N2CCCC2)n1. The molecule has 0 aliphatic carbocycles. The summed E-state index contributed by atoms with van der Waals surface area (Å²) >= 11 is 0. The van der Waals surface area contributed by atoms with Crippen LogP contribution in [0.15, 0.2) is 12.3 Å². The molecule has 7 nitrogen and oxygen atoms in total. The molecule has 92 valence electrons. The van der Waals surface area contributed by atoms with Crippen LogP contribution >= 0.6 is 0 Å². The number of hydrogen-bond donors (Lipinski definition) is 3. The molecule has 0 unspecified atom stereocenters. The lowest BCUT2D eigenvalue weighted by Gasteiger charge is -2.15. The number of nitrogens with one attached hydrogen (secondary N) is 2. The number of hydrazine groups is 1. The summed E-state index contributed by atoms with van der Waals surface area (Å²) in [6, 6.07) is 1.69. The standard InChI is InChI=1S/C10H16N6O/c11-15-10-12-4-3-8(14-10)13-7-9(17)16-5-1-2-6-16/h3-4H,1-2,5-7,11H2,(H2,12,13,14,15). The molecule has 0 atom stereocenters. The highest BCUT2D eigenvalue weighted by Gasteiger charge is 2.17. The molecular weight excluding hydrogens is 220 g/mol. The number of aromatic nitrogens is 2. The van der Waals surface area contributed by atoms with E-state index in [0.717, 1.165) is 25.9 Å². The second kappa shape index (κ2) is 5.44. The molecule has 0 radical (unpaired) electrons. The van der Waals surface area contributed by atoms with Crippen molar-refractivity contribution < 1.29 is 4.79 Å². The number of hydrogen-bond acceptors (Lipinski definition) is 6. The van der Waals surface area contributed by atoms with Crippen molar-refractivity contribution >= 4 is 17.7 Å².